The Bertz CT molecular complexity index is 237. The van der Waals surface area contributed by atoms with Crippen LogP contribution >= 0.6 is 21.9 Å². The molecule has 0 aromatic rings. The molecule has 0 bridgehead atoms. The largest absolute Gasteiger partial charge is 0.299 e. The summed E-state index contributed by atoms with van der Waals surface area (Å²) < 4.78 is 8.34. The van der Waals surface area contributed by atoms with Crippen LogP contribution in [-0.4, -0.2) is 53.3 Å². The second-order valence-corrected chi connectivity index (χ2v) is 11.0. The smallest absolute Gasteiger partial charge is 0.269 e. The monoisotopic (exact) mass is 440 g/mol. The van der Waals surface area contributed by atoms with E-state index in [4.69, 9.17) is 0 Å². The molecule has 0 amide bonds. The highest BCUT2D eigenvalue weighted by Crippen LogP contribution is 2.75. The van der Waals surface area contributed by atoms with E-state index in [0.717, 1.165) is 0 Å². The maximum atomic E-state index is 4.25. The molecule has 0 saturated carbocycles. The van der Waals surface area contributed by atoms with Crippen LogP contribution in [0.4, 0.5) is 28.2 Å². The van der Waals surface area contributed by atoms with Gasteiger partial charge in [0.2, 0.25) is 15.5 Å². The number of halogens is 7. The molecule has 0 radical (unpaired) electrons. The lowest BCUT2D eigenvalue weighted by Crippen LogP contribution is -2.39. The molecule has 3 fully saturated rings. The standard InChI is InChI=1S/C12H24BrN3P.6FH/c13-17(14-7-1-2-8-14,15-9-3-4-10-15)16-11-5-6-12-16;;;;;;/h1-12H2;6*1H/q+1;;;;;;. The lowest BCUT2D eigenvalue weighted by atomic mass is 10.4. The summed E-state index contributed by atoms with van der Waals surface area (Å²) in [6.07, 6.45) is 7.09. The van der Waals surface area contributed by atoms with E-state index < -0.39 is 6.42 Å². The van der Waals surface area contributed by atoms with Crippen molar-refractivity contribution in [3.63, 3.8) is 0 Å². The van der Waals surface area contributed by atoms with E-state index in [1.165, 1.54) is 77.8 Å². The third kappa shape index (κ3) is 5.99. The summed E-state index contributed by atoms with van der Waals surface area (Å²) in [6.45, 7) is 7.87. The van der Waals surface area contributed by atoms with Gasteiger partial charge >= 0.3 is 0 Å². The number of rotatable bonds is 3. The van der Waals surface area contributed by atoms with E-state index in [-0.39, 0.29) is 28.2 Å². The van der Waals surface area contributed by atoms with Crippen molar-refractivity contribution in [2.24, 2.45) is 0 Å². The first-order chi connectivity index (χ1) is 8.32. The van der Waals surface area contributed by atoms with Crippen molar-refractivity contribution in [1.29, 1.82) is 0 Å². The minimum absolute atomic E-state index is 0. The molecule has 23 heavy (non-hydrogen) atoms. The van der Waals surface area contributed by atoms with Crippen molar-refractivity contribution in [3.8, 4) is 0 Å². The van der Waals surface area contributed by atoms with E-state index in [2.05, 4.69) is 29.5 Å². The van der Waals surface area contributed by atoms with Crippen molar-refractivity contribution in [2.75, 3.05) is 39.3 Å². The molecule has 0 N–H and O–H groups in total. The van der Waals surface area contributed by atoms with Gasteiger partial charge in [-0.05, 0) is 38.5 Å². The van der Waals surface area contributed by atoms with Crippen LogP contribution in [0.1, 0.15) is 38.5 Å². The minimum Gasteiger partial charge on any atom is -0.269 e. The Morgan fingerprint density at radius 3 is 0.783 bits per heavy atom. The zero-order chi connectivity index (χ0) is 11.7. The quantitative estimate of drug-likeness (QED) is 0.479. The minimum atomic E-state index is -1.30. The van der Waals surface area contributed by atoms with Crippen molar-refractivity contribution in [2.45, 2.75) is 38.5 Å². The number of hydrogen-bond acceptors (Lipinski definition) is 3. The Kier molecular flexibility index (Phi) is 18.5. The molecule has 3 saturated heterocycles. The summed E-state index contributed by atoms with van der Waals surface area (Å²) in [6, 6.07) is 0. The molecule has 11 heteroatoms. The third-order valence-electron chi connectivity index (χ3n) is 4.33. The highest BCUT2D eigenvalue weighted by molar-refractivity contribution is 9.41. The molecule has 0 aromatic heterocycles. The summed E-state index contributed by atoms with van der Waals surface area (Å²) in [5.74, 6) is 0. The first-order valence-electron chi connectivity index (χ1n) is 7.17. The summed E-state index contributed by atoms with van der Waals surface area (Å²) in [7, 11) is 0. The molecule has 3 rings (SSSR count). The SMILES string of the molecule is Br[P+](N1CCCC1)(N1CCCC1)N1CCCC1.F.F.F.F.F.F. The van der Waals surface area contributed by atoms with Gasteiger partial charge in [-0.3, -0.25) is 28.2 Å². The van der Waals surface area contributed by atoms with Gasteiger partial charge in [-0.1, -0.05) is 0 Å². The molecule has 0 aromatic carbocycles. The van der Waals surface area contributed by atoms with Crippen LogP contribution in [0.25, 0.3) is 0 Å². The summed E-state index contributed by atoms with van der Waals surface area (Å²) in [4.78, 5) is 0. The lowest BCUT2D eigenvalue weighted by Gasteiger charge is -2.38. The molecule has 0 atom stereocenters. The third-order valence-corrected chi connectivity index (χ3v) is 11.7. The summed E-state index contributed by atoms with van der Waals surface area (Å²) in [5, 5.41) is 0. The van der Waals surface area contributed by atoms with E-state index >= 15 is 0 Å². The second-order valence-electron chi connectivity index (χ2n) is 5.48. The normalized spacial score (nSPS) is 21.8. The lowest BCUT2D eigenvalue weighted by molar-refractivity contribution is 0.392. The fraction of sp³-hybridized carbons (Fsp3) is 1.00. The molecular weight excluding hydrogens is 411 g/mol. The molecule has 3 aliphatic heterocycles. The van der Waals surface area contributed by atoms with E-state index in [0.29, 0.717) is 0 Å². The molecule has 0 spiro atoms. The molecule has 3 heterocycles. The van der Waals surface area contributed by atoms with Gasteiger partial charge in [0.15, 0.2) is 0 Å². The average Bonchev–Trinajstić information content (AvgIpc) is 3.10. The molecule has 3 nitrogen and oxygen atoms in total. The predicted octanol–water partition coefficient (Wildman–Crippen LogP) is 4.26. The Morgan fingerprint density at radius 1 is 0.435 bits per heavy atom. The van der Waals surface area contributed by atoms with Gasteiger partial charge in [0, 0.05) is 39.3 Å². The fourth-order valence-electron chi connectivity index (χ4n) is 3.40. The van der Waals surface area contributed by atoms with Gasteiger partial charge in [-0.25, -0.2) is 0 Å². The summed E-state index contributed by atoms with van der Waals surface area (Å²) in [5.41, 5.74) is 0. The van der Waals surface area contributed by atoms with E-state index in [9.17, 15) is 0 Å². The maximum absolute atomic E-state index is 4.25. The van der Waals surface area contributed by atoms with Crippen LogP contribution in [0, 0.1) is 0 Å². The molecular formula is C12H30BrF6N3P+. The molecule has 146 valence electrons. The van der Waals surface area contributed by atoms with Crippen LogP contribution in [0.5, 0.6) is 0 Å². The van der Waals surface area contributed by atoms with Gasteiger partial charge in [-0.15, -0.1) is 14.0 Å². The first-order valence-corrected chi connectivity index (χ1v) is 10.8. The number of nitrogens with zero attached hydrogens (tertiary/aromatic N) is 3. The van der Waals surface area contributed by atoms with Crippen LogP contribution < -0.4 is 0 Å². The van der Waals surface area contributed by atoms with Crippen molar-refractivity contribution in [1.82, 2.24) is 14.0 Å². The van der Waals surface area contributed by atoms with Crippen molar-refractivity contribution >= 4 is 21.9 Å². The topological polar surface area (TPSA) is 9.72 Å². The van der Waals surface area contributed by atoms with Gasteiger partial charge in [0.25, 0.3) is 6.42 Å². The Labute approximate surface area is 142 Å². The Hall–Kier alpha value is 0.370. The Balaban J connectivity index is -0.000000301. The molecule has 0 unspecified atom stereocenters. The predicted molar refractivity (Wildman–Crippen MR) is 93.3 cm³/mol. The van der Waals surface area contributed by atoms with Crippen molar-refractivity contribution in [3.05, 3.63) is 0 Å². The zero-order valence-corrected chi connectivity index (χ0v) is 15.6. The highest BCUT2D eigenvalue weighted by Gasteiger charge is 2.57. The molecule has 0 aliphatic carbocycles. The van der Waals surface area contributed by atoms with Crippen molar-refractivity contribution < 1.29 is 28.2 Å². The van der Waals surface area contributed by atoms with Gasteiger partial charge in [-0.2, -0.15) is 0 Å². The summed E-state index contributed by atoms with van der Waals surface area (Å²) >= 11 is 4.25. The van der Waals surface area contributed by atoms with E-state index in [1.807, 2.05) is 0 Å². The van der Waals surface area contributed by atoms with Crippen LogP contribution in [-0.2, 0) is 0 Å². The van der Waals surface area contributed by atoms with Crippen LogP contribution in [0.3, 0.4) is 0 Å². The zero-order valence-electron chi connectivity index (χ0n) is 13.1. The number of hydrogen-bond donors (Lipinski definition) is 0. The van der Waals surface area contributed by atoms with E-state index in [1.54, 1.807) is 0 Å². The molecule has 3 aliphatic rings. The van der Waals surface area contributed by atoms with Gasteiger partial charge in [0.05, 0.1) is 0 Å². The highest BCUT2D eigenvalue weighted by atomic mass is 79.9. The maximum Gasteiger partial charge on any atom is 0.299 e. The van der Waals surface area contributed by atoms with Gasteiger partial charge in [0.1, 0.15) is 0 Å². The van der Waals surface area contributed by atoms with Gasteiger partial charge < -0.3 is 0 Å². The Morgan fingerprint density at radius 2 is 0.609 bits per heavy atom. The second kappa shape index (κ2) is 13.6. The van der Waals surface area contributed by atoms with Crippen LogP contribution in [0.15, 0.2) is 0 Å². The van der Waals surface area contributed by atoms with Crippen LogP contribution in [0.2, 0.25) is 0 Å². The average molecular weight is 441 g/mol. The fourth-order valence-corrected chi connectivity index (χ4v) is 9.70. The first kappa shape index (κ1) is 31.2.